The van der Waals surface area contributed by atoms with Crippen LogP contribution in [0.5, 0.6) is 11.5 Å². The van der Waals surface area contributed by atoms with E-state index in [1.54, 1.807) is 30.3 Å². The van der Waals surface area contributed by atoms with Gasteiger partial charge in [-0.15, -0.1) is 0 Å². The molecule has 1 amide bonds. The van der Waals surface area contributed by atoms with Crippen molar-refractivity contribution in [3.05, 3.63) is 53.0 Å². The van der Waals surface area contributed by atoms with Crippen LogP contribution in [0.25, 0.3) is 11.5 Å². The highest BCUT2D eigenvalue weighted by atomic mass is 16.7. The Kier molecular flexibility index (Phi) is 3.81. The minimum atomic E-state index is -0.554. The molecule has 0 unspecified atom stereocenters. The number of hydrogen-bond acceptors (Lipinski definition) is 7. The third-order valence-corrected chi connectivity index (χ3v) is 3.73. The normalized spacial score (nSPS) is 12.2. The Morgan fingerprint density at radius 3 is 2.88 bits per heavy atom. The van der Waals surface area contributed by atoms with Crippen LogP contribution in [-0.4, -0.2) is 22.5 Å². The van der Waals surface area contributed by atoms with Crippen molar-refractivity contribution in [1.29, 1.82) is 0 Å². The number of nitrogens with one attached hydrogen (secondary N) is 1. The lowest BCUT2D eigenvalue weighted by atomic mass is 10.2. The molecule has 0 saturated heterocycles. The first-order chi connectivity index (χ1) is 12.6. The maximum atomic E-state index is 12.3. The van der Waals surface area contributed by atoms with E-state index in [-0.39, 0.29) is 19.0 Å². The van der Waals surface area contributed by atoms with Gasteiger partial charge in [-0.3, -0.25) is 9.59 Å². The molecule has 4 rings (SSSR count). The van der Waals surface area contributed by atoms with Crippen molar-refractivity contribution in [1.82, 2.24) is 9.78 Å². The molecule has 0 spiro atoms. The quantitative estimate of drug-likeness (QED) is 0.727. The Balaban J connectivity index is 1.55. The number of aromatic nitrogens is 2. The third-order valence-electron chi connectivity index (χ3n) is 3.73. The summed E-state index contributed by atoms with van der Waals surface area (Å²) in [6.45, 7) is -0.156. The summed E-state index contributed by atoms with van der Waals surface area (Å²) >= 11 is 0. The van der Waals surface area contributed by atoms with Crippen molar-refractivity contribution >= 4 is 17.3 Å². The van der Waals surface area contributed by atoms with Crippen LogP contribution >= 0.6 is 0 Å². The molecule has 3 heterocycles. The lowest BCUT2D eigenvalue weighted by Crippen LogP contribution is -2.31. The number of nitrogen functional groups attached to an aromatic ring is 1. The molecule has 0 bridgehead atoms. The maximum Gasteiger partial charge on any atom is 0.290 e. The molecule has 9 heteroatoms. The lowest BCUT2D eigenvalue weighted by Gasteiger charge is -2.09. The summed E-state index contributed by atoms with van der Waals surface area (Å²) in [5.41, 5.74) is 6.04. The van der Waals surface area contributed by atoms with E-state index < -0.39 is 11.5 Å². The van der Waals surface area contributed by atoms with Gasteiger partial charge in [-0.05, 0) is 30.3 Å². The minimum Gasteiger partial charge on any atom is -0.463 e. The van der Waals surface area contributed by atoms with Crippen LogP contribution < -0.4 is 26.1 Å². The SMILES string of the molecule is Nc1cc(-c2ccco2)nn(CC(=O)Nc2ccc3c(c2)OCO3)c1=O. The Morgan fingerprint density at radius 1 is 1.23 bits per heavy atom. The number of amides is 1. The fraction of sp³-hybridized carbons (Fsp3) is 0.118. The van der Waals surface area contributed by atoms with Crippen molar-refractivity contribution in [2.75, 3.05) is 17.8 Å². The van der Waals surface area contributed by atoms with Gasteiger partial charge in [0.25, 0.3) is 5.56 Å². The molecule has 132 valence electrons. The summed E-state index contributed by atoms with van der Waals surface area (Å²) in [4.78, 5) is 24.5. The summed E-state index contributed by atoms with van der Waals surface area (Å²) in [7, 11) is 0. The number of benzene rings is 1. The summed E-state index contributed by atoms with van der Waals surface area (Å²) in [5.74, 6) is 1.16. The summed E-state index contributed by atoms with van der Waals surface area (Å²) in [5, 5.41) is 6.82. The topological polar surface area (TPSA) is 122 Å². The molecule has 2 aromatic heterocycles. The molecular formula is C17H14N4O5. The average molecular weight is 354 g/mol. The zero-order chi connectivity index (χ0) is 18.1. The van der Waals surface area contributed by atoms with E-state index in [9.17, 15) is 9.59 Å². The van der Waals surface area contributed by atoms with Gasteiger partial charge in [0.1, 0.15) is 17.9 Å². The van der Waals surface area contributed by atoms with Gasteiger partial charge in [-0.25, -0.2) is 4.68 Å². The van der Waals surface area contributed by atoms with Gasteiger partial charge in [0.05, 0.1) is 6.26 Å². The molecule has 0 fully saturated rings. The Labute approximate surface area is 146 Å². The number of rotatable bonds is 4. The second kappa shape index (κ2) is 6.28. The largest absolute Gasteiger partial charge is 0.463 e. The van der Waals surface area contributed by atoms with Crippen LogP contribution in [0.3, 0.4) is 0 Å². The molecule has 9 nitrogen and oxygen atoms in total. The Morgan fingerprint density at radius 2 is 2.08 bits per heavy atom. The van der Waals surface area contributed by atoms with Gasteiger partial charge >= 0.3 is 0 Å². The first-order valence-electron chi connectivity index (χ1n) is 7.71. The number of nitrogens with zero attached hydrogens (tertiary/aromatic N) is 2. The van der Waals surface area contributed by atoms with Crippen LogP contribution in [0.15, 0.2) is 51.9 Å². The van der Waals surface area contributed by atoms with E-state index in [2.05, 4.69) is 10.4 Å². The van der Waals surface area contributed by atoms with Crippen molar-refractivity contribution in [3.8, 4) is 23.0 Å². The molecular weight excluding hydrogens is 340 g/mol. The van der Waals surface area contributed by atoms with Gasteiger partial charge in [-0.1, -0.05) is 0 Å². The number of carbonyl (C=O) groups is 1. The highest BCUT2D eigenvalue weighted by molar-refractivity contribution is 5.91. The standard InChI is InChI=1S/C17H14N4O5/c18-11-7-12(13-2-1-5-24-13)20-21(17(11)23)8-16(22)19-10-3-4-14-15(6-10)26-9-25-14/h1-7H,8-9,18H2,(H,19,22). The second-order valence-electron chi connectivity index (χ2n) is 5.54. The van der Waals surface area contributed by atoms with E-state index in [0.29, 0.717) is 28.6 Å². The van der Waals surface area contributed by atoms with Crippen LogP contribution in [0.1, 0.15) is 0 Å². The summed E-state index contributed by atoms with van der Waals surface area (Å²) in [6.07, 6.45) is 1.48. The highest BCUT2D eigenvalue weighted by Gasteiger charge is 2.16. The van der Waals surface area contributed by atoms with E-state index in [1.807, 2.05) is 0 Å². The third kappa shape index (κ3) is 2.97. The monoisotopic (exact) mass is 354 g/mol. The minimum absolute atomic E-state index is 0.0257. The fourth-order valence-corrected chi connectivity index (χ4v) is 2.53. The van der Waals surface area contributed by atoms with Crippen LogP contribution in [0.4, 0.5) is 11.4 Å². The number of nitrogens with two attached hydrogens (primary N) is 1. The number of fused-ring (bicyclic) bond motifs is 1. The van der Waals surface area contributed by atoms with E-state index in [0.717, 1.165) is 4.68 Å². The molecule has 0 aliphatic carbocycles. The second-order valence-corrected chi connectivity index (χ2v) is 5.54. The number of carbonyl (C=O) groups excluding carboxylic acids is 1. The number of hydrogen-bond donors (Lipinski definition) is 2. The number of ether oxygens (including phenoxy) is 2. The van der Waals surface area contributed by atoms with Crippen LogP contribution in [0, 0.1) is 0 Å². The van der Waals surface area contributed by atoms with Crippen molar-refractivity contribution in [2.24, 2.45) is 0 Å². The van der Waals surface area contributed by atoms with Crippen molar-refractivity contribution < 1.29 is 18.7 Å². The molecule has 1 aromatic carbocycles. The van der Waals surface area contributed by atoms with Gasteiger partial charge in [0.15, 0.2) is 17.3 Å². The van der Waals surface area contributed by atoms with Crippen LogP contribution in [-0.2, 0) is 11.3 Å². The molecule has 3 N–H and O–H groups in total. The fourth-order valence-electron chi connectivity index (χ4n) is 2.53. The van der Waals surface area contributed by atoms with E-state index in [4.69, 9.17) is 19.6 Å². The predicted octanol–water partition coefficient (Wildman–Crippen LogP) is 1.45. The first kappa shape index (κ1) is 15.8. The van der Waals surface area contributed by atoms with Gasteiger partial charge < -0.3 is 24.9 Å². The van der Waals surface area contributed by atoms with Gasteiger partial charge in [-0.2, -0.15) is 5.10 Å². The lowest BCUT2D eigenvalue weighted by molar-refractivity contribution is -0.117. The summed E-state index contributed by atoms with van der Waals surface area (Å²) < 4.78 is 16.7. The molecule has 1 aliphatic rings. The molecule has 1 aliphatic heterocycles. The van der Waals surface area contributed by atoms with Crippen molar-refractivity contribution in [2.45, 2.75) is 6.54 Å². The highest BCUT2D eigenvalue weighted by Crippen LogP contribution is 2.34. The molecule has 0 saturated carbocycles. The van der Waals surface area contributed by atoms with Gasteiger partial charge in [0, 0.05) is 11.8 Å². The Bertz CT molecular complexity index is 1030. The average Bonchev–Trinajstić information content (AvgIpc) is 3.29. The molecule has 26 heavy (non-hydrogen) atoms. The number of anilines is 2. The molecule has 0 radical (unpaired) electrons. The summed E-state index contributed by atoms with van der Waals surface area (Å²) in [6, 6.07) is 9.79. The van der Waals surface area contributed by atoms with Crippen molar-refractivity contribution in [3.63, 3.8) is 0 Å². The number of furan rings is 1. The first-order valence-corrected chi connectivity index (χ1v) is 7.71. The van der Waals surface area contributed by atoms with Crippen LogP contribution in [0.2, 0.25) is 0 Å². The zero-order valence-corrected chi connectivity index (χ0v) is 13.5. The Hall–Kier alpha value is -3.75. The maximum absolute atomic E-state index is 12.3. The van der Waals surface area contributed by atoms with Gasteiger partial charge in [0.2, 0.25) is 12.7 Å². The predicted molar refractivity (Wildman–Crippen MR) is 91.8 cm³/mol. The smallest absolute Gasteiger partial charge is 0.290 e. The molecule has 3 aromatic rings. The molecule has 0 atom stereocenters. The zero-order valence-electron chi connectivity index (χ0n) is 13.5. The van der Waals surface area contributed by atoms with E-state index >= 15 is 0 Å². The van der Waals surface area contributed by atoms with E-state index in [1.165, 1.54) is 12.3 Å².